The number of anilines is 2. The molecule has 0 amide bonds. The molecule has 0 radical (unpaired) electrons. The Morgan fingerprint density at radius 2 is 1.81 bits per heavy atom. The summed E-state index contributed by atoms with van der Waals surface area (Å²) in [6.07, 6.45) is 8.36. The lowest BCUT2D eigenvalue weighted by Gasteiger charge is -2.32. The van der Waals surface area contributed by atoms with Crippen LogP contribution in [0.5, 0.6) is 0 Å². The highest BCUT2D eigenvalue weighted by Gasteiger charge is 2.19. The molecule has 1 aromatic carbocycles. The predicted octanol–water partition coefficient (Wildman–Crippen LogP) is 3.83. The van der Waals surface area contributed by atoms with Crippen LogP contribution in [0.2, 0.25) is 0 Å². The summed E-state index contributed by atoms with van der Waals surface area (Å²) in [5.74, 6) is 0.949. The van der Waals surface area contributed by atoms with Crippen molar-refractivity contribution in [2.45, 2.75) is 44.6 Å². The van der Waals surface area contributed by atoms with Gasteiger partial charge in [-0.25, -0.2) is 13.4 Å². The van der Waals surface area contributed by atoms with Crippen LogP contribution in [0, 0.1) is 0 Å². The average molecular weight is 374 g/mol. The van der Waals surface area contributed by atoms with Gasteiger partial charge in [0.15, 0.2) is 0 Å². The molecule has 3 rings (SSSR count). The van der Waals surface area contributed by atoms with Crippen LogP contribution in [0.3, 0.4) is 0 Å². The number of hydrogen-bond donors (Lipinski definition) is 1. The van der Waals surface area contributed by atoms with Crippen molar-refractivity contribution < 1.29 is 8.42 Å². The van der Waals surface area contributed by atoms with E-state index in [1.165, 1.54) is 32.1 Å². The third kappa shape index (κ3) is 5.21. The first-order valence-corrected chi connectivity index (χ1v) is 10.9. The Morgan fingerprint density at radius 3 is 2.46 bits per heavy atom. The van der Waals surface area contributed by atoms with Gasteiger partial charge in [-0.15, -0.1) is 0 Å². The zero-order valence-corrected chi connectivity index (χ0v) is 16.1. The number of nitrogens with zero attached hydrogens (tertiary/aromatic N) is 2. The van der Waals surface area contributed by atoms with E-state index in [1.54, 1.807) is 12.3 Å². The minimum absolute atomic E-state index is 0.0563. The molecule has 1 fully saturated rings. The molecule has 2 aromatic rings. The molecule has 140 valence electrons. The predicted molar refractivity (Wildman–Crippen MR) is 107 cm³/mol. The SMILES string of the molecule is CN(c1ccc(NS(=O)(=O)CCc2ccccc2)cn1)C1CCCCC1. The quantitative estimate of drug-likeness (QED) is 0.801. The van der Waals surface area contributed by atoms with Gasteiger partial charge in [-0.1, -0.05) is 49.6 Å². The van der Waals surface area contributed by atoms with Crippen LogP contribution in [-0.2, 0) is 16.4 Å². The van der Waals surface area contributed by atoms with Crippen molar-refractivity contribution >= 4 is 21.5 Å². The van der Waals surface area contributed by atoms with Crippen molar-refractivity contribution in [3.05, 3.63) is 54.2 Å². The standard InChI is InChI=1S/C20H27N3O2S/c1-23(19-10-6-3-7-11-19)20-13-12-18(16-21-20)22-26(24,25)15-14-17-8-4-2-5-9-17/h2,4-5,8-9,12-13,16,19,22H,3,6-7,10-11,14-15H2,1H3. The van der Waals surface area contributed by atoms with Gasteiger partial charge in [0.25, 0.3) is 0 Å². The molecule has 26 heavy (non-hydrogen) atoms. The number of nitrogens with one attached hydrogen (secondary N) is 1. The van der Waals surface area contributed by atoms with Gasteiger partial charge in [0.2, 0.25) is 10.0 Å². The van der Waals surface area contributed by atoms with Gasteiger partial charge in [-0.2, -0.15) is 0 Å². The molecule has 1 heterocycles. The number of benzene rings is 1. The summed E-state index contributed by atoms with van der Waals surface area (Å²) in [5.41, 5.74) is 1.53. The van der Waals surface area contributed by atoms with Gasteiger partial charge in [0, 0.05) is 13.1 Å². The van der Waals surface area contributed by atoms with E-state index in [9.17, 15) is 8.42 Å². The van der Waals surface area contributed by atoms with Crippen LogP contribution in [0.15, 0.2) is 48.7 Å². The van der Waals surface area contributed by atoms with E-state index in [-0.39, 0.29) is 5.75 Å². The molecule has 1 aliphatic rings. The Labute approximate surface area is 156 Å². The first kappa shape index (κ1) is 18.7. The minimum Gasteiger partial charge on any atom is -0.357 e. The summed E-state index contributed by atoms with van der Waals surface area (Å²) in [6.45, 7) is 0. The van der Waals surface area contributed by atoms with E-state index in [2.05, 4.69) is 21.7 Å². The molecule has 0 spiro atoms. The summed E-state index contributed by atoms with van der Waals surface area (Å²) in [5, 5.41) is 0. The lowest BCUT2D eigenvalue weighted by Crippen LogP contribution is -2.33. The molecule has 0 aliphatic heterocycles. The molecule has 0 saturated heterocycles. The first-order chi connectivity index (χ1) is 12.5. The third-order valence-electron chi connectivity index (χ3n) is 5.01. The molecular formula is C20H27N3O2S. The van der Waals surface area contributed by atoms with Crippen LogP contribution in [0.4, 0.5) is 11.5 Å². The first-order valence-electron chi connectivity index (χ1n) is 9.27. The van der Waals surface area contributed by atoms with E-state index in [4.69, 9.17) is 0 Å². The third-order valence-corrected chi connectivity index (χ3v) is 6.30. The second kappa shape index (κ2) is 8.54. The zero-order chi connectivity index (χ0) is 18.4. The highest BCUT2D eigenvalue weighted by molar-refractivity contribution is 7.92. The van der Waals surface area contributed by atoms with Gasteiger partial charge < -0.3 is 4.90 Å². The number of aryl methyl sites for hydroxylation is 1. The van der Waals surface area contributed by atoms with Crippen molar-refractivity contribution in [2.75, 3.05) is 22.4 Å². The summed E-state index contributed by atoms with van der Waals surface area (Å²) in [6, 6.07) is 13.9. The fraction of sp³-hybridized carbons (Fsp3) is 0.450. The second-order valence-corrected chi connectivity index (χ2v) is 8.81. The van der Waals surface area contributed by atoms with Crippen molar-refractivity contribution in [1.29, 1.82) is 0 Å². The van der Waals surface area contributed by atoms with Gasteiger partial charge in [0.1, 0.15) is 5.82 Å². The smallest absolute Gasteiger partial charge is 0.233 e. The van der Waals surface area contributed by atoms with E-state index < -0.39 is 10.0 Å². The summed E-state index contributed by atoms with van der Waals surface area (Å²) in [7, 11) is -1.32. The van der Waals surface area contributed by atoms with E-state index in [0.717, 1.165) is 11.4 Å². The maximum atomic E-state index is 12.3. The van der Waals surface area contributed by atoms with Crippen molar-refractivity contribution in [3.63, 3.8) is 0 Å². The Kier molecular flexibility index (Phi) is 6.14. The van der Waals surface area contributed by atoms with E-state index in [1.807, 2.05) is 36.4 Å². The molecule has 1 aromatic heterocycles. The van der Waals surface area contributed by atoms with Crippen LogP contribution in [-0.4, -0.2) is 32.2 Å². The Morgan fingerprint density at radius 1 is 1.08 bits per heavy atom. The number of pyridine rings is 1. The number of hydrogen-bond acceptors (Lipinski definition) is 4. The van der Waals surface area contributed by atoms with Gasteiger partial charge in [-0.05, 0) is 37.0 Å². The molecule has 1 aliphatic carbocycles. The van der Waals surface area contributed by atoms with Crippen molar-refractivity contribution in [3.8, 4) is 0 Å². The lowest BCUT2D eigenvalue weighted by molar-refractivity contribution is 0.426. The van der Waals surface area contributed by atoms with E-state index >= 15 is 0 Å². The fourth-order valence-corrected chi connectivity index (χ4v) is 4.52. The van der Waals surface area contributed by atoms with Crippen LogP contribution < -0.4 is 9.62 Å². The van der Waals surface area contributed by atoms with Gasteiger partial charge in [-0.3, -0.25) is 4.72 Å². The topological polar surface area (TPSA) is 62.3 Å². The van der Waals surface area contributed by atoms with Crippen LogP contribution >= 0.6 is 0 Å². The average Bonchev–Trinajstić information content (AvgIpc) is 2.68. The second-order valence-electron chi connectivity index (χ2n) is 6.96. The summed E-state index contributed by atoms with van der Waals surface area (Å²) >= 11 is 0. The number of rotatable bonds is 7. The summed E-state index contributed by atoms with van der Waals surface area (Å²) in [4.78, 5) is 6.67. The molecular weight excluding hydrogens is 346 g/mol. The minimum atomic E-state index is -3.39. The largest absolute Gasteiger partial charge is 0.357 e. The molecule has 0 unspecified atom stereocenters. The van der Waals surface area contributed by atoms with Crippen molar-refractivity contribution in [1.82, 2.24) is 4.98 Å². The zero-order valence-electron chi connectivity index (χ0n) is 15.3. The molecule has 1 saturated carbocycles. The van der Waals surface area contributed by atoms with Gasteiger partial charge in [0.05, 0.1) is 17.6 Å². The Bertz CT molecular complexity index is 786. The Balaban J connectivity index is 1.57. The normalized spacial score (nSPS) is 15.6. The fourth-order valence-electron chi connectivity index (χ4n) is 3.44. The van der Waals surface area contributed by atoms with Crippen molar-refractivity contribution in [2.24, 2.45) is 0 Å². The van der Waals surface area contributed by atoms with E-state index in [0.29, 0.717) is 18.2 Å². The number of aromatic nitrogens is 1. The monoisotopic (exact) mass is 373 g/mol. The number of sulfonamides is 1. The highest BCUT2D eigenvalue weighted by atomic mass is 32.2. The highest BCUT2D eigenvalue weighted by Crippen LogP contribution is 2.25. The molecule has 6 heteroatoms. The molecule has 0 bridgehead atoms. The van der Waals surface area contributed by atoms with Crippen LogP contribution in [0.1, 0.15) is 37.7 Å². The van der Waals surface area contributed by atoms with Gasteiger partial charge >= 0.3 is 0 Å². The Hall–Kier alpha value is -2.08. The molecule has 0 atom stereocenters. The summed E-state index contributed by atoms with van der Waals surface area (Å²) < 4.78 is 27.2. The van der Waals surface area contributed by atoms with Crippen LogP contribution in [0.25, 0.3) is 0 Å². The lowest BCUT2D eigenvalue weighted by atomic mass is 9.94. The molecule has 5 nitrogen and oxygen atoms in total. The maximum Gasteiger partial charge on any atom is 0.233 e. The maximum absolute atomic E-state index is 12.3. The molecule has 1 N–H and O–H groups in total.